The second kappa shape index (κ2) is 15.5. The predicted molar refractivity (Wildman–Crippen MR) is 126 cm³/mol. The molecule has 216 valence electrons. The quantitative estimate of drug-likeness (QED) is 0.105. The van der Waals surface area contributed by atoms with Crippen molar-refractivity contribution in [3.63, 3.8) is 0 Å². The Morgan fingerprint density at radius 3 is 1.95 bits per heavy atom. The first kappa shape index (κ1) is 33.1. The van der Waals surface area contributed by atoms with Crippen LogP contribution in [0, 0.1) is 5.82 Å². The zero-order valence-electron chi connectivity index (χ0n) is 20.1. The molecule has 2 amide bonds. The molecule has 0 spiro atoms. The maximum absolute atomic E-state index is 13.3. The number of hydrogen-bond donors (Lipinski definition) is 8. The molecule has 0 fully saturated rings. The van der Waals surface area contributed by atoms with E-state index in [0.717, 1.165) is 12.1 Å². The molecule has 3 unspecified atom stereocenters. The highest BCUT2D eigenvalue weighted by Crippen LogP contribution is 2.38. The number of hydrogen-bond acceptors (Lipinski definition) is 8. The second-order valence-corrected chi connectivity index (χ2v) is 9.52. The molecule has 4 atom stereocenters. The molecule has 1 rings (SSSR count). The van der Waals surface area contributed by atoms with Crippen LogP contribution >= 0.6 is 7.75 Å². The van der Waals surface area contributed by atoms with Crippen LogP contribution in [0.5, 0.6) is 0 Å². The summed E-state index contributed by atoms with van der Waals surface area (Å²) in [5, 5.41) is 42.2. The van der Waals surface area contributed by atoms with Gasteiger partial charge in [-0.25, -0.2) is 23.6 Å². The molecule has 1 aromatic carbocycles. The van der Waals surface area contributed by atoms with Gasteiger partial charge in [0.25, 0.3) is 5.91 Å². The summed E-state index contributed by atoms with van der Waals surface area (Å²) in [5.41, 5.74) is -0.163. The fourth-order valence-corrected chi connectivity index (χ4v) is 4.03. The van der Waals surface area contributed by atoms with Gasteiger partial charge in [0.05, 0.1) is 6.61 Å². The minimum atomic E-state index is -4.82. The third-order valence-corrected chi connectivity index (χ3v) is 6.09. The molecular weight excluding hydrogens is 551 g/mol. The van der Waals surface area contributed by atoms with Crippen LogP contribution in [0.1, 0.15) is 42.5 Å². The third kappa shape index (κ3) is 12.9. The van der Waals surface area contributed by atoms with Gasteiger partial charge in [-0.2, -0.15) is 0 Å². The number of nitrogens with one attached hydrogen (secondary N) is 3. The molecule has 39 heavy (non-hydrogen) atoms. The third-order valence-electron chi connectivity index (χ3n) is 4.92. The summed E-state index contributed by atoms with van der Waals surface area (Å²) >= 11 is 0. The number of amides is 2. The van der Waals surface area contributed by atoms with Gasteiger partial charge >= 0.3 is 31.6 Å². The Morgan fingerprint density at radius 2 is 1.41 bits per heavy atom. The molecule has 0 radical (unpaired) electrons. The van der Waals surface area contributed by atoms with Crippen molar-refractivity contribution in [1.82, 2.24) is 15.7 Å². The van der Waals surface area contributed by atoms with E-state index in [1.807, 2.05) is 0 Å². The Balaban J connectivity index is 2.63. The van der Waals surface area contributed by atoms with Crippen molar-refractivity contribution in [3.05, 3.63) is 35.6 Å². The monoisotopic (exact) mass is 578 g/mol. The first-order valence-corrected chi connectivity index (χ1v) is 12.7. The lowest BCUT2D eigenvalue weighted by atomic mass is 10.1. The molecule has 1 aromatic rings. The SMILES string of the molecule is O=C(O)CCC(NP(=O)(O)OCCC(NC(=O)CC[C@H](NC(=O)c1cccc([18F])c1)C(=O)O)C(=O)O)C(=O)O. The standard InChI is InChI=1S/C21H27FN3O13P/c22-12-3-1-2-11(10-12)18(29)24-13(19(30)31)4-6-16(26)23-14(20(32)33)8-9-38-39(36,37)25-15(21(34)35)5-7-17(27)28/h1-3,10,13-15H,4-9H2,(H,23,26)(H,24,29)(H,27,28)(H,30,31)(H,32,33)(H,34,35)(H2,25,36,37)/t13-,14?,15?/m0/s1/i22-1. The summed E-state index contributed by atoms with van der Waals surface area (Å²) in [5.74, 6) is -8.66. The average Bonchev–Trinajstić information content (AvgIpc) is 2.82. The fourth-order valence-electron chi connectivity index (χ4n) is 2.97. The fraction of sp³-hybridized carbons (Fsp3) is 0.429. The van der Waals surface area contributed by atoms with E-state index in [1.54, 1.807) is 5.09 Å². The van der Waals surface area contributed by atoms with E-state index >= 15 is 0 Å². The average molecular weight is 578 g/mol. The summed E-state index contributed by atoms with van der Waals surface area (Å²) in [6, 6.07) is -0.571. The zero-order valence-corrected chi connectivity index (χ0v) is 21.0. The molecule has 0 heterocycles. The van der Waals surface area contributed by atoms with Crippen molar-refractivity contribution in [2.45, 2.75) is 50.2 Å². The lowest BCUT2D eigenvalue weighted by Gasteiger charge is -2.20. The van der Waals surface area contributed by atoms with Crippen LogP contribution in [-0.4, -0.2) is 85.7 Å². The summed E-state index contributed by atoms with van der Waals surface area (Å²) in [4.78, 5) is 78.7. The van der Waals surface area contributed by atoms with Crippen molar-refractivity contribution in [2.75, 3.05) is 6.61 Å². The van der Waals surface area contributed by atoms with Crippen molar-refractivity contribution >= 4 is 43.4 Å². The van der Waals surface area contributed by atoms with Crippen LogP contribution in [0.4, 0.5) is 4.39 Å². The predicted octanol–water partition coefficient (Wildman–Crippen LogP) is -0.227. The van der Waals surface area contributed by atoms with Crippen LogP contribution in [0.25, 0.3) is 0 Å². The van der Waals surface area contributed by atoms with E-state index in [2.05, 4.69) is 15.2 Å². The van der Waals surface area contributed by atoms with E-state index in [-0.39, 0.29) is 5.56 Å². The number of rotatable bonds is 18. The zero-order chi connectivity index (χ0) is 29.8. The van der Waals surface area contributed by atoms with Gasteiger partial charge in [0.15, 0.2) is 0 Å². The maximum Gasteiger partial charge on any atom is 0.403 e. The first-order chi connectivity index (χ1) is 18.1. The maximum atomic E-state index is 13.3. The van der Waals surface area contributed by atoms with Gasteiger partial charge in [-0.3, -0.25) is 23.7 Å². The van der Waals surface area contributed by atoms with Gasteiger partial charge in [-0.15, -0.1) is 0 Å². The molecule has 0 aliphatic rings. The molecule has 18 heteroatoms. The summed E-state index contributed by atoms with van der Waals surface area (Å²) in [6.07, 6.45) is -2.78. The normalized spacial score (nSPS) is 14.7. The van der Waals surface area contributed by atoms with Gasteiger partial charge in [-0.1, -0.05) is 6.07 Å². The smallest absolute Gasteiger partial charge is 0.403 e. The van der Waals surface area contributed by atoms with Gasteiger partial charge in [0.1, 0.15) is 23.9 Å². The Bertz CT molecular complexity index is 1130. The molecule has 8 N–H and O–H groups in total. The number of carbonyl (C=O) groups is 6. The van der Waals surface area contributed by atoms with Gasteiger partial charge in [-0.05, 0) is 31.0 Å². The largest absolute Gasteiger partial charge is 0.481 e. The Kier molecular flexibility index (Phi) is 13.1. The minimum Gasteiger partial charge on any atom is -0.481 e. The topological polar surface area (TPSA) is 266 Å². The summed E-state index contributed by atoms with van der Waals surface area (Å²) in [7, 11) is -4.82. The number of carboxylic acids is 4. The highest BCUT2D eigenvalue weighted by atomic mass is 31.2. The Morgan fingerprint density at radius 1 is 0.846 bits per heavy atom. The number of benzene rings is 1. The molecule has 0 saturated carbocycles. The van der Waals surface area contributed by atoms with Crippen LogP contribution in [0.15, 0.2) is 24.3 Å². The lowest BCUT2D eigenvalue weighted by Crippen LogP contribution is -2.44. The van der Waals surface area contributed by atoms with E-state index in [1.165, 1.54) is 12.1 Å². The first-order valence-electron chi connectivity index (χ1n) is 11.1. The number of halogens is 1. The molecule has 0 bridgehead atoms. The van der Waals surface area contributed by atoms with Crippen LogP contribution < -0.4 is 15.7 Å². The van der Waals surface area contributed by atoms with E-state index < -0.39 is 106 Å². The van der Waals surface area contributed by atoms with Crippen molar-refractivity contribution in [2.24, 2.45) is 0 Å². The number of aliphatic carboxylic acids is 4. The molecule has 0 aromatic heterocycles. The van der Waals surface area contributed by atoms with Gasteiger partial charge in [0.2, 0.25) is 5.91 Å². The summed E-state index contributed by atoms with van der Waals surface area (Å²) in [6.45, 7) is -0.759. The Labute approximate surface area is 219 Å². The van der Waals surface area contributed by atoms with E-state index in [4.69, 9.17) is 10.2 Å². The lowest BCUT2D eigenvalue weighted by molar-refractivity contribution is -0.143. The van der Waals surface area contributed by atoms with Gasteiger partial charge in [0, 0.05) is 24.8 Å². The highest BCUT2D eigenvalue weighted by Gasteiger charge is 2.30. The molecule has 16 nitrogen and oxygen atoms in total. The number of carbonyl (C=O) groups excluding carboxylic acids is 2. The van der Waals surface area contributed by atoms with E-state index in [9.17, 15) is 52.8 Å². The number of carboxylic acid groups (broad SMARTS) is 4. The Hall–Kier alpha value is -3.92. The van der Waals surface area contributed by atoms with Crippen LogP contribution in [0.2, 0.25) is 0 Å². The molecular formula is C21H27FN3O13P. The van der Waals surface area contributed by atoms with Crippen molar-refractivity contribution < 1.29 is 67.6 Å². The highest BCUT2D eigenvalue weighted by molar-refractivity contribution is 7.50. The molecule has 0 aliphatic heterocycles. The van der Waals surface area contributed by atoms with E-state index in [0.29, 0.717) is 0 Å². The van der Waals surface area contributed by atoms with Crippen molar-refractivity contribution in [1.29, 1.82) is 0 Å². The molecule has 0 saturated heterocycles. The summed E-state index contributed by atoms with van der Waals surface area (Å²) < 4.78 is 30.0. The second-order valence-electron chi connectivity index (χ2n) is 7.97. The van der Waals surface area contributed by atoms with Crippen molar-refractivity contribution in [3.8, 4) is 0 Å². The van der Waals surface area contributed by atoms with Gasteiger partial charge < -0.3 is 36.0 Å². The van der Waals surface area contributed by atoms with Crippen LogP contribution in [-0.2, 0) is 33.1 Å². The van der Waals surface area contributed by atoms with Crippen LogP contribution in [0.3, 0.4) is 0 Å². The minimum absolute atomic E-state index is 0.163. The molecule has 0 aliphatic carbocycles.